The van der Waals surface area contributed by atoms with Crippen LogP contribution in [0.15, 0.2) is 0 Å². The monoisotopic (exact) mass is 286 g/mol. The summed E-state index contributed by atoms with van der Waals surface area (Å²) in [5, 5.41) is 3.09. The van der Waals surface area contributed by atoms with Gasteiger partial charge in [0.2, 0.25) is 5.95 Å². The van der Waals surface area contributed by atoms with E-state index in [4.69, 9.17) is 18.9 Å². The van der Waals surface area contributed by atoms with Crippen LogP contribution < -0.4 is 14.8 Å². The van der Waals surface area contributed by atoms with Crippen molar-refractivity contribution in [3.63, 3.8) is 0 Å². The van der Waals surface area contributed by atoms with E-state index in [-0.39, 0.29) is 12.0 Å². The summed E-state index contributed by atoms with van der Waals surface area (Å²) in [6.45, 7) is 2.72. The first kappa shape index (κ1) is 16.4. The number of anilines is 1. The lowest BCUT2D eigenvalue weighted by Gasteiger charge is -2.07. The van der Waals surface area contributed by atoms with Gasteiger partial charge in [0.15, 0.2) is 0 Å². The molecule has 0 fully saturated rings. The quantitative estimate of drug-likeness (QED) is 0.596. The van der Waals surface area contributed by atoms with Crippen molar-refractivity contribution < 1.29 is 18.9 Å². The van der Waals surface area contributed by atoms with E-state index in [1.807, 2.05) is 0 Å². The van der Waals surface area contributed by atoms with E-state index >= 15 is 0 Å². The van der Waals surface area contributed by atoms with E-state index in [1.165, 1.54) is 14.2 Å². The lowest BCUT2D eigenvalue weighted by atomic mass is 10.3. The molecule has 1 aromatic heterocycles. The molecule has 0 amide bonds. The Balaban J connectivity index is 2.21. The summed E-state index contributed by atoms with van der Waals surface area (Å²) in [5.74, 6) is 0.439. The van der Waals surface area contributed by atoms with Gasteiger partial charge in [0.25, 0.3) is 0 Å². The Kier molecular flexibility index (Phi) is 8.32. The van der Waals surface area contributed by atoms with Crippen molar-refractivity contribution in [1.82, 2.24) is 15.0 Å². The highest BCUT2D eigenvalue weighted by Crippen LogP contribution is 2.11. The Bertz CT molecular complexity index is 356. The maximum Gasteiger partial charge on any atom is 0.324 e. The van der Waals surface area contributed by atoms with Crippen molar-refractivity contribution >= 4 is 5.95 Å². The highest BCUT2D eigenvalue weighted by atomic mass is 16.5. The molecule has 1 N–H and O–H groups in total. The topological polar surface area (TPSA) is 87.6 Å². The fourth-order valence-electron chi connectivity index (χ4n) is 1.37. The number of hydrogen-bond donors (Lipinski definition) is 1. The van der Waals surface area contributed by atoms with Gasteiger partial charge in [-0.15, -0.1) is 4.98 Å². The third-order valence-corrected chi connectivity index (χ3v) is 2.39. The van der Waals surface area contributed by atoms with Gasteiger partial charge >= 0.3 is 12.0 Å². The minimum atomic E-state index is 0.224. The van der Waals surface area contributed by atoms with Gasteiger partial charge in [0.05, 0.1) is 27.4 Å². The van der Waals surface area contributed by atoms with Gasteiger partial charge in [-0.2, -0.15) is 9.97 Å². The first-order chi connectivity index (χ1) is 9.80. The smallest absolute Gasteiger partial charge is 0.324 e. The molecule has 0 saturated carbocycles. The Morgan fingerprint density at radius 1 is 0.850 bits per heavy atom. The second kappa shape index (κ2) is 10.2. The number of unbranched alkanes of at least 4 members (excludes halogenated alkanes) is 1. The summed E-state index contributed by atoms with van der Waals surface area (Å²) in [7, 11) is 4.65. The van der Waals surface area contributed by atoms with Crippen LogP contribution in [0.5, 0.6) is 12.0 Å². The summed E-state index contributed by atoms with van der Waals surface area (Å²) in [6, 6.07) is 0.449. The number of methoxy groups -OCH3 is 3. The number of nitrogens with zero attached hydrogens (tertiary/aromatic N) is 3. The molecule has 8 nitrogen and oxygen atoms in total. The summed E-state index contributed by atoms with van der Waals surface area (Å²) in [5.41, 5.74) is 0. The lowest BCUT2D eigenvalue weighted by Crippen LogP contribution is -2.09. The van der Waals surface area contributed by atoms with Crippen molar-refractivity contribution in [1.29, 1.82) is 0 Å². The zero-order valence-electron chi connectivity index (χ0n) is 12.2. The molecule has 0 spiro atoms. The highest BCUT2D eigenvalue weighted by Gasteiger charge is 2.06. The van der Waals surface area contributed by atoms with E-state index in [2.05, 4.69) is 20.3 Å². The van der Waals surface area contributed by atoms with Gasteiger partial charge in [-0.1, -0.05) is 0 Å². The largest absolute Gasteiger partial charge is 0.467 e. The van der Waals surface area contributed by atoms with Gasteiger partial charge in [0.1, 0.15) is 0 Å². The Labute approximate surface area is 118 Å². The fourth-order valence-corrected chi connectivity index (χ4v) is 1.37. The van der Waals surface area contributed by atoms with Crippen LogP contribution in [0.25, 0.3) is 0 Å². The molecule has 20 heavy (non-hydrogen) atoms. The van der Waals surface area contributed by atoms with Crippen molar-refractivity contribution in [2.45, 2.75) is 12.8 Å². The zero-order chi connectivity index (χ0) is 14.6. The first-order valence-corrected chi connectivity index (χ1v) is 6.44. The van der Waals surface area contributed by atoms with Gasteiger partial charge in [0, 0.05) is 20.3 Å². The van der Waals surface area contributed by atoms with E-state index in [0.29, 0.717) is 19.2 Å². The molecule has 0 bridgehead atoms. The average molecular weight is 286 g/mol. The fraction of sp³-hybridized carbons (Fsp3) is 0.750. The standard InChI is InChI=1S/C12H22N4O4/c1-17-8-9-20-7-5-4-6-13-10-14-11(18-2)16-12(15-10)19-3/h4-9H2,1-3H3,(H,13,14,15,16). The van der Waals surface area contributed by atoms with Crippen LogP contribution in [-0.2, 0) is 9.47 Å². The van der Waals surface area contributed by atoms with E-state index in [1.54, 1.807) is 7.11 Å². The number of ether oxygens (including phenoxy) is 4. The maximum absolute atomic E-state index is 5.37. The summed E-state index contributed by atoms with van der Waals surface area (Å²) in [4.78, 5) is 12.1. The van der Waals surface area contributed by atoms with Crippen molar-refractivity contribution in [2.75, 3.05) is 53.0 Å². The number of nitrogens with one attached hydrogen (secondary N) is 1. The van der Waals surface area contributed by atoms with Crippen LogP contribution in [0.2, 0.25) is 0 Å². The van der Waals surface area contributed by atoms with Crippen LogP contribution in [0.3, 0.4) is 0 Å². The van der Waals surface area contributed by atoms with Crippen molar-refractivity contribution in [3.05, 3.63) is 0 Å². The molecular weight excluding hydrogens is 264 g/mol. The molecule has 0 aromatic carbocycles. The molecule has 8 heteroatoms. The summed E-state index contributed by atoms with van der Waals surface area (Å²) in [6.07, 6.45) is 1.90. The maximum atomic E-state index is 5.37. The van der Waals surface area contributed by atoms with Crippen LogP contribution in [0, 0.1) is 0 Å². The zero-order valence-corrected chi connectivity index (χ0v) is 12.2. The molecule has 0 radical (unpaired) electrons. The first-order valence-electron chi connectivity index (χ1n) is 6.44. The minimum Gasteiger partial charge on any atom is -0.467 e. The van der Waals surface area contributed by atoms with E-state index in [0.717, 1.165) is 26.0 Å². The second-order valence-corrected chi connectivity index (χ2v) is 3.87. The third kappa shape index (κ3) is 6.48. The molecular formula is C12H22N4O4. The summed E-state index contributed by atoms with van der Waals surface area (Å²) < 4.78 is 20.2. The molecule has 0 aliphatic heterocycles. The third-order valence-electron chi connectivity index (χ3n) is 2.39. The van der Waals surface area contributed by atoms with Crippen LogP contribution in [0.4, 0.5) is 5.95 Å². The van der Waals surface area contributed by atoms with Gasteiger partial charge in [-0.3, -0.25) is 0 Å². The van der Waals surface area contributed by atoms with Gasteiger partial charge in [-0.25, -0.2) is 0 Å². The molecule has 0 aliphatic carbocycles. The predicted octanol–water partition coefficient (Wildman–Crippen LogP) is 0.744. The van der Waals surface area contributed by atoms with Crippen LogP contribution >= 0.6 is 0 Å². The predicted molar refractivity (Wildman–Crippen MR) is 73.3 cm³/mol. The second-order valence-electron chi connectivity index (χ2n) is 3.87. The summed E-state index contributed by atoms with van der Waals surface area (Å²) >= 11 is 0. The van der Waals surface area contributed by atoms with Gasteiger partial charge in [-0.05, 0) is 12.8 Å². The average Bonchev–Trinajstić information content (AvgIpc) is 2.49. The number of rotatable bonds is 11. The lowest BCUT2D eigenvalue weighted by molar-refractivity contribution is 0.0691. The normalized spacial score (nSPS) is 10.3. The van der Waals surface area contributed by atoms with Gasteiger partial charge < -0.3 is 24.3 Å². The molecule has 114 valence electrons. The van der Waals surface area contributed by atoms with Crippen LogP contribution in [-0.4, -0.2) is 62.6 Å². The minimum absolute atomic E-state index is 0.224. The van der Waals surface area contributed by atoms with Crippen molar-refractivity contribution in [3.8, 4) is 12.0 Å². The Morgan fingerprint density at radius 3 is 2.15 bits per heavy atom. The SMILES string of the molecule is COCCOCCCCNc1nc(OC)nc(OC)n1. The van der Waals surface area contributed by atoms with Crippen LogP contribution in [0.1, 0.15) is 12.8 Å². The van der Waals surface area contributed by atoms with E-state index in [9.17, 15) is 0 Å². The molecule has 0 saturated heterocycles. The van der Waals surface area contributed by atoms with Crippen molar-refractivity contribution in [2.24, 2.45) is 0 Å². The Hall–Kier alpha value is -1.67. The highest BCUT2D eigenvalue weighted by molar-refractivity contribution is 5.27. The molecule has 0 atom stereocenters. The number of aromatic nitrogens is 3. The molecule has 1 heterocycles. The van der Waals surface area contributed by atoms with E-state index < -0.39 is 0 Å². The Morgan fingerprint density at radius 2 is 1.55 bits per heavy atom. The molecule has 1 aromatic rings. The molecule has 0 unspecified atom stereocenters. The number of hydrogen-bond acceptors (Lipinski definition) is 8. The molecule has 0 aliphatic rings. The molecule has 1 rings (SSSR count).